The average Bonchev–Trinajstić information content (AvgIpc) is 2.47. The van der Waals surface area contributed by atoms with E-state index < -0.39 is 11.6 Å². The van der Waals surface area contributed by atoms with Crippen molar-refractivity contribution < 1.29 is 15.0 Å². The molecule has 0 heterocycles. The zero-order valence-corrected chi connectivity index (χ0v) is 14.6. The van der Waals surface area contributed by atoms with Crippen LogP contribution in [-0.2, 0) is 4.79 Å². The fraction of sp³-hybridized carbons (Fsp3) is 0.842. The molecule has 0 saturated carbocycles. The van der Waals surface area contributed by atoms with Crippen molar-refractivity contribution in [3.05, 3.63) is 12.2 Å². The highest BCUT2D eigenvalue weighted by Gasteiger charge is 2.28. The highest BCUT2D eigenvalue weighted by Crippen LogP contribution is 2.16. The van der Waals surface area contributed by atoms with Crippen molar-refractivity contribution in [3.8, 4) is 0 Å². The summed E-state index contributed by atoms with van der Waals surface area (Å²) in [5.74, 6) is -1.12. The van der Waals surface area contributed by atoms with Crippen molar-refractivity contribution in [3.63, 3.8) is 0 Å². The molecular weight excluding hydrogens is 276 g/mol. The fourth-order valence-corrected chi connectivity index (χ4v) is 2.47. The first-order valence-electron chi connectivity index (χ1n) is 9.11. The number of unbranched alkanes of at least 4 members (excludes halogenated alkanes) is 10. The van der Waals surface area contributed by atoms with Crippen LogP contribution in [-0.4, -0.2) is 21.8 Å². The van der Waals surface area contributed by atoms with Gasteiger partial charge in [-0.3, -0.25) is 0 Å². The molecule has 22 heavy (non-hydrogen) atoms. The van der Waals surface area contributed by atoms with Crippen LogP contribution >= 0.6 is 0 Å². The molecule has 3 nitrogen and oxygen atoms in total. The summed E-state index contributed by atoms with van der Waals surface area (Å²) in [4.78, 5) is 10.7. The van der Waals surface area contributed by atoms with E-state index in [4.69, 9.17) is 5.11 Å². The summed E-state index contributed by atoms with van der Waals surface area (Å²) in [6.45, 7) is 3.62. The second-order valence-electron chi connectivity index (χ2n) is 6.56. The van der Waals surface area contributed by atoms with E-state index in [1.807, 2.05) is 0 Å². The lowest BCUT2D eigenvalue weighted by molar-refractivity contribution is -0.157. The maximum atomic E-state index is 10.7. The largest absolute Gasteiger partial charge is 0.479 e. The van der Waals surface area contributed by atoms with Crippen LogP contribution in [0.5, 0.6) is 0 Å². The third kappa shape index (κ3) is 12.9. The summed E-state index contributed by atoms with van der Waals surface area (Å²) < 4.78 is 0. The van der Waals surface area contributed by atoms with Gasteiger partial charge in [0.1, 0.15) is 0 Å². The molecule has 0 aliphatic heterocycles. The molecular formula is C19H36O3. The molecule has 3 heteroatoms. The molecule has 0 aromatic carbocycles. The summed E-state index contributed by atoms with van der Waals surface area (Å²) >= 11 is 0. The van der Waals surface area contributed by atoms with Gasteiger partial charge in [-0.05, 0) is 45.4 Å². The summed E-state index contributed by atoms with van der Waals surface area (Å²) in [5.41, 5.74) is -1.56. The summed E-state index contributed by atoms with van der Waals surface area (Å²) in [7, 11) is 0. The molecule has 0 amide bonds. The molecule has 1 atom stereocenters. The molecule has 0 aromatic heterocycles. The summed E-state index contributed by atoms with van der Waals surface area (Å²) in [5, 5.41) is 18.4. The Morgan fingerprint density at radius 3 is 1.82 bits per heavy atom. The third-order valence-electron chi connectivity index (χ3n) is 4.14. The normalized spacial score (nSPS) is 14.3. The number of rotatable bonds is 15. The molecule has 0 aliphatic rings. The van der Waals surface area contributed by atoms with Gasteiger partial charge in [-0.2, -0.15) is 0 Å². The molecule has 0 fully saturated rings. The number of hydrogen-bond acceptors (Lipinski definition) is 2. The number of aliphatic carboxylic acids is 1. The third-order valence-corrected chi connectivity index (χ3v) is 4.14. The summed E-state index contributed by atoms with van der Waals surface area (Å²) in [6.07, 6.45) is 19.4. The van der Waals surface area contributed by atoms with Gasteiger partial charge in [0.15, 0.2) is 5.60 Å². The van der Waals surface area contributed by atoms with E-state index in [1.54, 1.807) is 0 Å². The minimum Gasteiger partial charge on any atom is -0.479 e. The Morgan fingerprint density at radius 1 is 0.864 bits per heavy atom. The van der Waals surface area contributed by atoms with Crippen LogP contribution in [0.4, 0.5) is 0 Å². The number of carbonyl (C=O) groups is 1. The first-order chi connectivity index (χ1) is 10.5. The lowest BCUT2D eigenvalue weighted by atomic mass is 9.98. The predicted octanol–water partition coefficient (Wildman–Crippen LogP) is 5.47. The van der Waals surface area contributed by atoms with Crippen molar-refractivity contribution in [2.45, 2.75) is 103 Å². The number of aliphatic hydroxyl groups is 1. The van der Waals surface area contributed by atoms with Crippen LogP contribution in [0, 0.1) is 0 Å². The topological polar surface area (TPSA) is 57.5 Å². The lowest BCUT2D eigenvalue weighted by Crippen LogP contribution is -2.34. The molecule has 0 bridgehead atoms. The molecule has 0 aliphatic carbocycles. The number of carboxylic acid groups (broad SMARTS) is 1. The number of carboxylic acids is 1. The molecule has 0 radical (unpaired) electrons. The van der Waals surface area contributed by atoms with Crippen molar-refractivity contribution >= 4 is 5.97 Å². The second-order valence-corrected chi connectivity index (χ2v) is 6.56. The molecule has 0 aromatic rings. The lowest BCUT2D eigenvalue weighted by Gasteiger charge is -2.17. The molecule has 0 saturated heterocycles. The maximum absolute atomic E-state index is 10.7. The fourth-order valence-electron chi connectivity index (χ4n) is 2.47. The molecule has 0 rings (SSSR count). The van der Waals surface area contributed by atoms with E-state index in [1.165, 1.54) is 51.9 Å². The Labute approximate surface area is 136 Å². The number of hydrogen-bond donors (Lipinski definition) is 2. The van der Waals surface area contributed by atoms with E-state index in [9.17, 15) is 9.90 Å². The smallest absolute Gasteiger partial charge is 0.335 e. The molecule has 2 N–H and O–H groups in total. The first-order valence-corrected chi connectivity index (χ1v) is 9.11. The Balaban J connectivity index is 3.29. The van der Waals surface area contributed by atoms with Crippen LogP contribution in [0.15, 0.2) is 12.2 Å². The molecule has 130 valence electrons. The Morgan fingerprint density at radius 2 is 1.32 bits per heavy atom. The zero-order valence-electron chi connectivity index (χ0n) is 14.6. The highest BCUT2D eigenvalue weighted by molar-refractivity contribution is 5.76. The van der Waals surface area contributed by atoms with Crippen molar-refractivity contribution in [1.82, 2.24) is 0 Å². The monoisotopic (exact) mass is 312 g/mol. The van der Waals surface area contributed by atoms with Gasteiger partial charge in [0.05, 0.1) is 0 Å². The Kier molecular flexibility index (Phi) is 13.3. The van der Waals surface area contributed by atoms with Gasteiger partial charge in [-0.1, -0.05) is 64.0 Å². The second kappa shape index (κ2) is 13.8. The number of allylic oxidation sites excluding steroid dienone is 2. The quantitative estimate of drug-likeness (QED) is 0.311. The molecule has 0 unspecified atom stereocenters. The minimum absolute atomic E-state index is 0.343. The minimum atomic E-state index is -1.56. The summed E-state index contributed by atoms with van der Waals surface area (Å²) in [6, 6.07) is 0. The first kappa shape index (κ1) is 21.2. The Hall–Kier alpha value is -0.830. The van der Waals surface area contributed by atoms with Gasteiger partial charge in [0.25, 0.3) is 0 Å². The standard InChI is InChI=1S/C19H36O3/c1-3-4-5-6-7-8-9-10-11-12-13-14-15-16-17-19(2,22)18(20)21/h10-11,22H,3-9,12-17H2,1-2H3,(H,20,21)/b11-10-/t19-/m0/s1. The van der Waals surface area contributed by atoms with Crippen LogP contribution in [0.25, 0.3) is 0 Å². The predicted molar refractivity (Wildman–Crippen MR) is 93.1 cm³/mol. The van der Waals surface area contributed by atoms with Gasteiger partial charge >= 0.3 is 5.97 Å². The van der Waals surface area contributed by atoms with Crippen LogP contribution in [0.1, 0.15) is 97.3 Å². The Bertz CT molecular complexity index is 295. The van der Waals surface area contributed by atoms with Gasteiger partial charge in [0.2, 0.25) is 0 Å². The van der Waals surface area contributed by atoms with Crippen LogP contribution < -0.4 is 0 Å². The maximum Gasteiger partial charge on any atom is 0.335 e. The van der Waals surface area contributed by atoms with E-state index in [-0.39, 0.29) is 0 Å². The van der Waals surface area contributed by atoms with E-state index in [0.29, 0.717) is 6.42 Å². The van der Waals surface area contributed by atoms with E-state index >= 15 is 0 Å². The molecule has 0 spiro atoms. The van der Waals surface area contributed by atoms with Crippen molar-refractivity contribution in [1.29, 1.82) is 0 Å². The van der Waals surface area contributed by atoms with Crippen molar-refractivity contribution in [2.75, 3.05) is 0 Å². The SMILES string of the molecule is CCCCCCCC/C=C\CCCCCC[C@](C)(O)C(=O)O. The van der Waals surface area contributed by atoms with E-state index in [0.717, 1.165) is 32.1 Å². The van der Waals surface area contributed by atoms with Crippen LogP contribution in [0.2, 0.25) is 0 Å². The van der Waals surface area contributed by atoms with Gasteiger partial charge in [-0.15, -0.1) is 0 Å². The van der Waals surface area contributed by atoms with Gasteiger partial charge < -0.3 is 10.2 Å². The van der Waals surface area contributed by atoms with Crippen molar-refractivity contribution in [2.24, 2.45) is 0 Å². The highest BCUT2D eigenvalue weighted by atomic mass is 16.4. The zero-order chi connectivity index (χ0) is 16.7. The van der Waals surface area contributed by atoms with Gasteiger partial charge in [0, 0.05) is 0 Å². The van der Waals surface area contributed by atoms with E-state index in [2.05, 4.69) is 19.1 Å². The van der Waals surface area contributed by atoms with Crippen LogP contribution in [0.3, 0.4) is 0 Å². The van der Waals surface area contributed by atoms with Gasteiger partial charge in [-0.25, -0.2) is 4.79 Å². The average molecular weight is 312 g/mol.